The Kier molecular flexibility index (Phi) is 7.36. The predicted molar refractivity (Wildman–Crippen MR) is 112 cm³/mol. The SMILES string of the molecule is CC(C)OCCCNC(=O)CSc1ncnc2cc(-c3ccc(F)cc3)sc12. The van der Waals surface area contributed by atoms with Crippen LogP contribution in [0.1, 0.15) is 20.3 Å². The number of nitrogens with zero attached hydrogens (tertiary/aromatic N) is 2. The van der Waals surface area contributed by atoms with Crippen LogP contribution in [0.3, 0.4) is 0 Å². The second-order valence-corrected chi connectivity index (χ2v) is 8.44. The van der Waals surface area contributed by atoms with Gasteiger partial charge in [-0.2, -0.15) is 0 Å². The summed E-state index contributed by atoms with van der Waals surface area (Å²) in [6.45, 7) is 5.21. The molecule has 2 aromatic heterocycles. The Hall–Kier alpha value is -2.03. The maximum atomic E-state index is 13.1. The molecule has 0 radical (unpaired) electrons. The van der Waals surface area contributed by atoms with Gasteiger partial charge in [-0.15, -0.1) is 11.3 Å². The lowest BCUT2D eigenvalue weighted by Crippen LogP contribution is -2.27. The van der Waals surface area contributed by atoms with Gasteiger partial charge in [0.1, 0.15) is 17.2 Å². The summed E-state index contributed by atoms with van der Waals surface area (Å²) in [6.07, 6.45) is 2.50. The van der Waals surface area contributed by atoms with E-state index in [1.165, 1.54) is 30.2 Å². The van der Waals surface area contributed by atoms with Crippen LogP contribution in [-0.2, 0) is 9.53 Å². The molecule has 0 atom stereocenters. The van der Waals surface area contributed by atoms with Crippen molar-refractivity contribution in [2.24, 2.45) is 0 Å². The topological polar surface area (TPSA) is 64.1 Å². The lowest BCUT2D eigenvalue weighted by Gasteiger charge is -2.08. The van der Waals surface area contributed by atoms with Gasteiger partial charge in [0.05, 0.1) is 22.1 Å². The molecule has 0 fully saturated rings. The van der Waals surface area contributed by atoms with Crippen LogP contribution >= 0.6 is 23.1 Å². The molecular weight excluding hydrogens is 397 g/mol. The zero-order chi connectivity index (χ0) is 19.9. The third-order valence-electron chi connectivity index (χ3n) is 3.84. The summed E-state index contributed by atoms with van der Waals surface area (Å²) in [4.78, 5) is 21.7. The normalized spacial score (nSPS) is 11.3. The van der Waals surface area contributed by atoms with E-state index in [-0.39, 0.29) is 17.8 Å². The summed E-state index contributed by atoms with van der Waals surface area (Å²) in [5, 5.41) is 3.68. The van der Waals surface area contributed by atoms with Crippen LogP contribution < -0.4 is 5.32 Å². The smallest absolute Gasteiger partial charge is 0.230 e. The molecule has 1 N–H and O–H groups in total. The second-order valence-electron chi connectivity index (χ2n) is 6.42. The molecule has 148 valence electrons. The molecule has 0 aliphatic heterocycles. The van der Waals surface area contributed by atoms with Crippen molar-refractivity contribution in [3.05, 3.63) is 42.5 Å². The van der Waals surface area contributed by atoms with Gasteiger partial charge < -0.3 is 10.1 Å². The van der Waals surface area contributed by atoms with Gasteiger partial charge in [-0.3, -0.25) is 4.79 Å². The average Bonchev–Trinajstić information content (AvgIpc) is 3.11. The van der Waals surface area contributed by atoms with Crippen LogP contribution in [0.4, 0.5) is 4.39 Å². The van der Waals surface area contributed by atoms with Crippen LogP contribution in [0.2, 0.25) is 0 Å². The van der Waals surface area contributed by atoms with Gasteiger partial charge in [0.2, 0.25) is 5.91 Å². The molecule has 1 amide bonds. The molecule has 8 heteroatoms. The molecule has 1 aromatic carbocycles. The average molecular weight is 420 g/mol. The van der Waals surface area contributed by atoms with Crippen molar-refractivity contribution >= 4 is 39.2 Å². The molecule has 0 aliphatic carbocycles. The number of hydrogen-bond acceptors (Lipinski definition) is 6. The van der Waals surface area contributed by atoms with Crippen molar-refractivity contribution in [2.45, 2.75) is 31.4 Å². The van der Waals surface area contributed by atoms with Gasteiger partial charge in [0.15, 0.2) is 0 Å². The van der Waals surface area contributed by atoms with E-state index in [0.29, 0.717) is 18.9 Å². The zero-order valence-electron chi connectivity index (χ0n) is 15.8. The Morgan fingerprint density at radius 3 is 2.82 bits per heavy atom. The van der Waals surface area contributed by atoms with Crippen molar-refractivity contribution in [1.82, 2.24) is 15.3 Å². The van der Waals surface area contributed by atoms with E-state index in [9.17, 15) is 9.18 Å². The molecule has 3 aromatic rings. The zero-order valence-corrected chi connectivity index (χ0v) is 17.4. The van der Waals surface area contributed by atoms with Crippen LogP contribution in [0.5, 0.6) is 0 Å². The van der Waals surface area contributed by atoms with Crippen molar-refractivity contribution < 1.29 is 13.9 Å². The second kappa shape index (κ2) is 9.95. The number of thioether (sulfide) groups is 1. The minimum Gasteiger partial charge on any atom is -0.379 e. The summed E-state index contributed by atoms with van der Waals surface area (Å²) in [5.74, 6) is 0.000278. The number of rotatable bonds is 9. The minimum absolute atomic E-state index is 0.0309. The fourth-order valence-corrected chi connectivity index (χ4v) is 4.53. The molecular formula is C20H22FN3O2S2. The molecule has 0 aliphatic rings. The maximum Gasteiger partial charge on any atom is 0.230 e. The van der Waals surface area contributed by atoms with Crippen molar-refractivity contribution in [3.63, 3.8) is 0 Å². The summed E-state index contributed by atoms with van der Waals surface area (Å²) >= 11 is 2.94. The molecule has 0 saturated carbocycles. The van der Waals surface area contributed by atoms with Crippen molar-refractivity contribution in [1.29, 1.82) is 0 Å². The number of aromatic nitrogens is 2. The highest BCUT2D eigenvalue weighted by atomic mass is 32.2. The van der Waals surface area contributed by atoms with Crippen LogP contribution in [-0.4, -0.2) is 40.9 Å². The first-order valence-electron chi connectivity index (χ1n) is 9.04. The highest BCUT2D eigenvalue weighted by Crippen LogP contribution is 2.36. The number of halogens is 1. The summed E-state index contributed by atoms with van der Waals surface area (Å²) in [7, 11) is 0. The van der Waals surface area contributed by atoms with E-state index < -0.39 is 0 Å². The maximum absolute atomic E-state index is 13.1. The first kappa shape index (κ1) is 20.7. The monoisotopic (exact) mass is 419 g/mol. The van der Waals surface area contributed by atoms with Gasteiger partial charge in [-0.05, 0) is 44.0 Å². The number of ether oxygens (including phenoxy) is 1. The lowest BCUT2D eigenvalue weighted by molar-refractivity contribution is -0.118. The summed E-state index contributed by atoms with van der Waals surface area (Å²) < 4.78 is 19.5. The Labute approximate surface area is 171 Å². The molecule has 0 unspecified atom stereocenters. The fourth-order valence-electron chi connectivity index (χ4n) is 2.50. The van der Waals surface area contributed by atoms with Gasteiger partial charge in [-0.25, -0.2) is 14.4 Å². The number of nitrogens with one attached hydrogen (secondary N) is 1. The molecule has 3 rings (SSSR count). The first-order chi connectivity index (χ1) is 13.5. The van der Waals surface area contributed by atoms with Crippen LogP contribution in [0, 0.1) is 5.82 Å². The van der Waals surface area contributed by atoms with Gasteiger partial charge in [-0.1, -0.05) is 23.9 Å². The molecule has 28 heavy (non-hydrogen) atoms. The largest absolute Gasteiger partial charge is 0.379 e. The number of fused-ring (bicyclic) bond motifs is 1. The predicted octanol–water partition coefficient (Wildman–Crippen LogP) is 4.52. The highest BCUT2D eigenvalue weighted by molar-refractivity contribution is 8.00. The molecule has 0 saturated heterocycles. The number of amides is 1. The molecule has 5 nitrogen and oxygen atoms in total. The minimum atomic E-state index is -0.261. The van der Waals surface area contributed by atoms with Crippen molar-refractivity contribution in [2.75, 3.05) is 18.9 Å². The third kappa shape index (κ3) is 5.73. The molecule has 2 heterocycles. The van der Waals surface area contributed by atoms with E-state index >= 15 is 0 Å². The summed E-state index contributed by atoms with van der Waals surface area (Å²) in [6, 6.07) is 8.34. The van der Waals surface area contributed by atoms with Gasteiger partial charge in [0.25, 0.3) is 0 Å². The van der Waals surface area contributed by atoms with Crippen molar-refractivity contribution in [3.8, 4) is 10.4 Å². The fraction of sp³-hybridized carbons (Fsp3) is 0.350. The number of carbonyl (C=O) groups is 1. The van der Waals surface area contributed by atoms with Gasteiger partial charge in [0, 0.05) is 18.0 Å². The molecule has 0 spiro atoms. The number of benzene rings is 1. The first-order valence-corrected chi connectivity index (χ1v) is 10.8. The highest BCUT2D eigenvalue weighted by Gasteiger charge is 2.12. The summed E-state index contributed by atoms with van der Waals surface area (Å²) in [5.41, 5.74) is 1.76. The Morgan fingerprint density at radius 2 is 2.07 bits per heavy atom. The van der Waals surface area contributed by atoms with Crippen LogP contribution in [0.25, 0.3) is 20.7 Å². The van der Waals surface area contributed by atoms with E-state index in [1.54, 1.807) is 23.5 Å². The molecule has 0 bridgehead atoms. The quantitative estimate of drug-likeness (QED) is 0.314. The Bertz CT molecular complexity index is 929. The van der Waals surface area contributed by atoms with E-state index in [4.69, 9.17) is 4.74 Å². The van der Waals surface area contributed by atoms with E-state index in [0.717, 1.165) is 32.1 Å². The van der Waals surface area contributed by atoms with Gasteiger partial charge >= 0.3 is 0 Å². The van der Waals surface area contributed by atoms with E-state index in [2.05, 4.69) is 15.3 Å². The Balaban J connectivity index is 1.59. The lowest BCUT2D eigenvalue weighted by atomic mass is 10.2. The standard InChI is InChI=1S/C20H22FN3O2S2/c1-13(2)26-9-3-8-22-18(25)11-27-20-19-16(23-12-24-20)10-17(28-19)14-4-6-15(21)7-5-14/h4-7,10,12-13H,3,8-9,11H2,1-2H3,(H,22,25). The Morgan fingerprint density at radius 1 is 1.29 bits per heavy atom. The number of thiophene rings is 1. The van der Waals surface area contributed by atoms with E-state index in [1.807, 2.05) is 19.9 Å². The van der Waals surface area contributed by atoms with Crippen LogP contribution in [0.15, 0.2) is 41.7 Å². The number of hydrogen-bond donors (Lipinski definition) is 1. The number of carbonyl (C=O) groups excluding carboxylic acids is 1. The third-order valence-corrected chi connectivity index (χ3v) is 6.14.